The Kier molecular flexibility index (Phi) is 3.73. The Bertz CT molecular complexity index is 401. The molecule has 1 heterocycles. The number of anilines is 1. The summed E-state index contributed by atoms with van der Waals surface area (Å²) in [5, 5.41) is 19.0. The highest BCUT2D eigenvalue weighted by atomic mass is 79.9. The van der Waals surface area contributed by atoms with E-state index in [4.69, 9.17) is 5.73 Å². The van der Waals surface area contributed by atoms with Crippen LogP contribution in [0.3, 0.4) is 0 Å². The van der Waals surface area contributed by atoms with Crippen molar-refractivity contribution in [2.45, 2.75) is 25.2 Å². The number of halogens is 1. The summed E-state index contributed by atoms with van der Waals surface area (Å²) < 4.78 is 0.959. The van der Waals surface area contributed by atoms with E-state index in [1.54, 1.807) is 0 Å². The quantitative estimate of drug-likeness (QED) is 0.762. The highest BCUT2D eigenvalue weighted by molar-refractivity contribution is 9.10. The lowest BCUT2D eigenvalue weighted by molar-refractivity contribution is 0.0572. The first-order chi connectivity index (χ1) is 7.99. The van der Waals surface area contributed by atoms with Gasteiger partial charge in [-0.3, -0.25) is 0 Å². The number of hydrogen-bond acceptors (Lipinski definition) is 4. The van der Waals surface area contributed by atoms with Crippen LogP contribution in [0, 0.1) is 0 Å². The van der Waals surface area contributed by atoms with Gasteiger partial charge in [-0.05, 0) is 24.6 Å². The minimum atomic E-state index is -0.665. The van der Waals surface area contributed by atoms with Crippen molar-refractivity contribution in [2.24, 2.45) is 5.73 Å². The molecular formula is C12H17BrN2O2. The maximum atomic E-state index is 9.52. The van der Waals surface area contributed by atoms with Crippen molar-refractivity contribution < 1.29 is 10.2 Å². The lowest BCUT2D eigenvalue weighted by Gasteiger charge is -2.19. The number of aliphatic hydroxyl groups is 2. The minimum Gasteiger partial charge on any atom is -0.389 e. The van der Waals surface area contributed by atoms with Gasteiger partial charge >= 0.3 is 0 Å². The molecule has 1 aromatic rings. The fourth-order valence-corrected chi connectivity index (χ4v) is 2.79. The highest BCUT2D eigenvalue weighted by Crippen LogP contribution is 2.29. The molecule has 1 fully saturated rings. The Labute approximate surface area is 109 Å². The summed E-state index contributed by atoms with van der Waals surface area (Å²) in [6, 6.07) is 5.90. The van der Waals surface area contributed by atoms with Gasteiger partial charge in [0.2, 0.25) is 0 Å². The smallest absolute Gasteiger partial charge is 0.0990 e. The van der Waals surface area contributed by atoms with E-state index in [0.717, 1.165) is 15.7 Å². The van der Waals surface area contributed by atoms with Crippen molar-refractivity contribution in [1.29, 1.82) is 0 Å². The molecule has 0 saturated carbocycles. The number of hydrogen-bond donors (Lipinski definition) is 3. The summed E-state index contributed by atoms with van der Waals surface area (Å²) in [5.74, 6) is 0. The lowest BCUT2D eigenvalue weighted by atomic mass is 10.1. The van der Waals surface area contributed by atoms with E-state index in [0.29, 0.717) is 13.1 Å². The van der Waals surface area contributed by atoms with E-state index in [9.17, 15) is 10.2 Å². The number of aliphatic hydroxyl groups excluding tert-OH is 2. The first kappa shape index (κ1) is 12.8. The Balaban J connectivity index is 2.21. The molecule has 0 amide bonds. The Hall–Kier alpha value is -0.620. The molecule has 0 aromatic heterocycles. The highest BCUT2D eigenvalue weighted by Gasteiger charge is 2.29. The maximum absolute atomic E-state index is 9.52. The van der Waals surface area contributed by atoms with E-state index in [-0.39, 0.29) is 6.04 Å². The van der Waals surface area contributed by atoms with Gasteiger partial charge in [0.25, 0.3) is 0 Å². The maximum Gasteiger partial charge on any atom is 0.0990 e. The summed E-state index contributed by atoms with van der Waals surface area (Å²) in [6.07, 6.45) is -1.33. The molecule has 3 atom stereocenters. The zero-order valence-electron chi connectivity index (χ0n) is 9.68. The largest absolute Gasteiger partial charge is 0.389 e. The molecule has 1 aliphatic heterocycles. The number of β-amino-alcohol motifs (C(OH)–C–C–N with tert-alkyl or cyclic N) is 2. The molecule has 1 saturated heterocycles. The Morgan fingerprint density at radius 2 is 1.94 bits per heavy atom. The van der Waals surface area contributed by atoms with Crippen LogP contribution in [0.25, 0.3) is 0 Å². The summed E-state index contributed by atoms with van der Waals surface area (Å²) >= 11 is 3.49. The van der Waals surface area contributed by atoms with E-state index in [2.05, 4.69) is 15.9 Å². The van der Waals surface area contributed by atoms with E-state index in [1.165, 1.54) is 0 Å². The third kappa shape index (κ3) is 2.63. The molecule has 4 N–H and O–H groups in total. The van der Waals surface area contributed by atoms with Crippen LogP contribution in [0.4, 0.5) is 5.69 Å². The van der Waals surface area contributed by atoms with Gasteiger partial charge in [-0.25, -0.2) is 0 Å². The topological polar surface area (TPSA) is 69.7 Å². The van der Waals surface area contributed by atoms with Crippen molar-refractivity contribution in [3.05, 3.63) is 28.2 Å². The summed E-state index contributed by atoms with van der Waals surface area (Å²) in [7, 11) is 0. The first-order valence-electron chi connectivity index (χ1n) is 5.65. The monoisotopic (exact) mass is 300 g/mol. The van der Waals surface area contributed by atoms with Gasteiger partial charge in [0, 0.05) is 29.3 Å². The van der Waals surface area contributed by atoms with Crippen molar-refractivity contribution in [3.8, 4) is 0 Å². The summed E-state index contributed by atoms with van der Waals surface area (Å²) in [6.45, 7) is 2.86. The molecule has 4 nitrogen and oxygen atoms in total. The van der Waals surface area contributed by atoms with Crippen LogP contribution >= 0.6 is 15.9 Å². The van der Waals surface area contributed by atoms with Crippen molar-refractivity contribution in [1.82, 2.24) is 0 Å². The second-order valence-electron chi connectivity index (χ2n) is 4.53. The van der Waals surface area contributed by atoms with Crippen molar-refractivity contribution in [3.63, 3.8) is 0 Å². The van der Waals surface area contributed by atoms with Crippen LogP contribution in [0.5, 0.6) is 0 Å². The van der Waals surface area contributed by atoms with Gasteiger partial charge in [-0.1, -0.05) is 22.0 Å². The molecule has 2 unspecified atom stereocenters. The molecule has 1 aliphatic rings. The van der Waals surface area contributed by atoms with E-state index >= 15 is 0 Å². The van der Waals surface area contributed by atoms with Crippen LogP contribution in [0.2, 0.25) is 0 Å². The number of nitrogens with two attached hydrogens (primary N) is 1. The second-order valence-corrected chi connectivity index (χ2v) is 5.39. The van der Waals surface area contributed by atoms with E-state index < -0.39 is 12.2 Å². The lowest BCUT2D eigenvalue weighted by Crippen LogP contribution is -2.22. The normalized spacial score (nSPS) is 26.3. The van der Waals surface area contributed by atoms with Crippen LogP contribution in [-0.2, 0) is 0 Å². The molecule has 0 radical (unpaired) electrons. The van der Waals surface area contributed by atoms with Gasteiger partial charge in [0.15, 0.2) is 0 Å². The van der Waals surface area contributed by atoms with Crippen LogP contribution in [0.1, 0.15) is 18.5 Å². The fraction of sp³-hybridized carbons (Fsp3) is 0.500. The third-order valence-corrected chi connectivity index (χ3v) is 3.79. The average molecular weight is 301 g/mol. The molecule has 2 rings (SSSR count). The second kappa shape index (κ2) is 4.94. The predicted molar refractivity (Wildman–Crippen MR) is 71.0 cm³/mol. The summed E-state index contributed by atoms with van der Waals surface area (Å²) in [5.41, 5.74) is 7.87. The molecule has 5 heteroatoms. The van der Waals surface area contributed by atoms with Gasteiger partial charge in [-0.15, -0.1) is 0 Å². The molecular weight excluding hydrogens is 284 g/mol. The fourth-order valence-electron chi connectivity index (χ4n) is 2.06. The molecule has 0 bridgehead atoms. The third-order valence-electron chi connectivity index (χ3n) is 3.10. The number of benzene rings is 1. The van der Waals surface area contributed by atoms with Gasteiger partial charge in [0.1, 0.15) is 0 Å². The molecule has 1 aromatic carbocycles. The molecule has 0 aliphatic carbocycles. The summed E-state index contributed by atoms with van der Waals surface area (Å²) in [4.78, 5) is 1.96. The SMILES string of the molecule is C[C@H](N)c1ccc(N2CC(O)C(O)C2)cc1Br. The van der Waals surface area contributed by atoms with Gasteiger partial charge in [0.05, 0.1) is 12.2 Å². The Morgan fingerprint density at radius 3 is 2.41 bits per heavy atom. The zero-order chi connectivity index (χ0) is 12.6. The molecule has 17 heavy (non-hydrogen) atoms. The van der Waals surface area contributed by atoms with Crippen molar-refractivity contribution in [2.75, 3.05) is 18.0 Å². The van der Waals surface area contributed by atoms with Crippen molar-refractivity contribution >= 4 is 21.6 Å². The molecule has 0 spiro atoms. The average Bonchev–Trinajstić information content (AvgIpc) is 2.58. The number of rotatable bonds is 2. The number of nitrogens with zero attached hydrogens (tertiary/aromatic N) is 1. The Morgan fingerprint density at radius 1 is 1.35 bits per heavy atom. The van der Waals surface area contributed by atoms with Crippen LogP contribution in [-0.4, -0.2) is 35.5 Å². The van der Waals surface area contributed by atoms with Gasteiger partial charge < -0.3 is 20.8 Å². The van der Waals surface area contributed by atoms with Crippen LogP contribution < -0.4 is 10.6 Å². The first-order valence-corrected chi connectivity index (χ1v) is 6.44. The zero-order valence-corrected chi connectivity index (χ0v) is 11.3. The van der Waals surface area contributed by atoms with Gasteiger partial charge in [-0.2, -0.15) is 0 Å². The molecule has 94 valence electrons. The minimum absolute atomic E-state index is 0.0202. The van der Waals surface area contributed by atoms with Crippen LogP contribution in [0.15, 0.2) is 22.7 Å². The predicted octanol–water partition coefficient (Wildman–Crippen LogP) is 1.01. The van der Waals surface area contributed by atoms with E-state index in [1.807, 2.05) is 30.0 Å². The standard InChI is InChI=1S/C12H17BrN2O2/c1-7(14)9-3-2-8(4-10(9)13)15-5-11(16)12(17)6-15/h2-4,7,11-12,16-17H,5-6,14H2,1H3/t7-,11?,12?/m0/s1.